The van der Waals surface area contributed by atoms with Gasteiger partial charge in [0.05, 0.1) is 5.92 Å². The first-order valence-corrected chi connectivity index (χ1v) is 5.10. The summed E-state index contributed by atoms with van der Waals surface area (Å²) in [6.07, 6.45) is 5.85. The number of hydrogen-bond donors (Lipinski definition) is 0. The maximum Gasteiger partial charge on any atom is 0.313 e. The van der Waals surface area contributed by atoms with E-state index in [-0.39, 0.29) is 11.9 Å². The molecule has 13 heavy (non-hydrogen) atoms. The van der Waals surface area contributed by atoms with E-state index in [0.29, 0.717) is 11.8 Å². The van der Waals surface area contributed by atoms with Crippen molar-refractivity contribution in [2.75, 3.05) is 0 Å². The summed E-state index contributed by atoms with van der Waals surface area (Å²) in [6.45, 7) is 3.74. The molecule has 2 aliphatic carbocycles. The molecule has 0 aromatic carbocycles. The van der Waals surface area contributed by atoms with Gasteiger partial charge in [-0.1, -0.05) is 13.8 Å². The molecule has 0 radical (unpaired) electrons. The lowest BCUT2D eigenvalue weighted by atomic mass is 10.1. The van der Waals surface area contributed by atoms with Crippen LogP contribution in [0.1, 0.15) is 33.1 Å². The molecule has 72 valence electrons. The van der Waals surface area contributed by atoms with Crippen LogP contribution in [0.5, 0.6) is 0 Å². The SMILES string of the molecule is CC(C)C(=O)OC1=CC2CCC1C2. The summed E-state index contributed by atoms with van der Waals surface area (Å²) >= 11 is 0. The molecule has 0 heterocycles. The van der Waals surface area contributed by atoms with Gasteiger partial charge in [0.25, 0.3) is 0 Å². The maximum atomic E-state index is 11.3. The first-order chi connectivity index (χ1) is 6.16. The van der Waals surface area contributed by atoms with Gasteiger partial charge >= 0.3 is 5.97 Å². The van der Waals surface area contributed by atoms with Crippen LogP contribution in [0, 0.1) is 17.8 Å². The van der Waals surface area contributed by atoms with Crippen LogP contribution in [0.15, 0.2) is 11.8 Å². The standard InChI is InChI=1S/C11H16O2/c1-7(2)11(12)13-10-6-8-3-4-9(10)5-8/h6-9H,3-5H2,1-2H3. The Morgan fingerprint density at radius 2 is 2.31 bits per heavy atom. The van der Waals surface area contributed by atoms with Gasteiger partial charge in [-0.15, -0.1) is 0 Å². The lowest BCUT2D eigenvalue weighted by Gasteiger charge is -2.14. The minimum absolute atomic E-state index is 0.0139. The molecule has 2 atom stereocenters. The van der Waals surface area contributed by atoms with Gasteiger partial charge < -0.3 is 4.74 Å². The molecule has 0 spiro atoms. The highest BCUT2D eigenvalue weighted by molar-refractivity contribution is 5.72. The van der Waals surface area contributed by atoms with Gasteiger partial charge in [-0.05, 0) is 31.3 Å². The van der Waals surface area contributed by atoms with E-state index in [0.717, 1.165) is 5.76 Å². The molecular weight excluding hydrogens is 164 g/mol. The van der Waals surface area contributed by atoms with Crippen LogP contribution >= 0.6 is 0 Å². The zero-order chi connectivity index (χ0) is 9.42. The third-order valence-electron chi connectivity index (χ3n) is 2.97. The first kappa shape index (κ1) is 8.79. The Morgan fingerprint density at radius 1 is 1.54 bits per heavy atom. The van der Waals surface area contributed by atoms with E-state index in [1.54, 1.807) is 0 Å². The Bertz CT molecular complexity index is 253. The van der Waals surface area contributed by atoms with Crippen molar-refractivity contribution in [3.63, 3.8) is 0 Å². The predicted octanol–water partition coefficient (Wildman–Crippen LogP) is 2.50. The summed E-state index contributed by atoms with van der Waals surface area (Å²) < 4.78 is 5.33. The minimum Gasteiger partial charge on any atom is -0.431 e. The van der Waals surface area contributed by atoms with Crippen molar-refractivity contribution in [2.45, 2.75) is 33.1 Å². The van der Waals surface area contributed by atoms with E-state index in [1.165, 1.54) is 19.3 Å². The maximum absolute atomic E-state index is 11.3. The van der Waals surface area contributed by atoms with E-state index in [2.05, 4.69) is 6.08 Å². The summed E-state index contributed by atoms with van der Waals surface area (Å²) in [7, 11) is 0. The number of esters is 1. The van der Waals surface area contributed by atoms with Crippen LogP contribution in [0.4, 0.5) is 0 Å². The molecular formula is C11H16O2. The number of ether oxygens (including phenoxy) is 1. The Kier molecular flexibility index (Phi) is 2.14. The molecule has 0 aliphatic heterocycles. The van der Waals surface area contributed by atoms with Gasteiger partial charge in [-0.2, -0.15) is 0 Å². The topological polar surface area (TPSA) is 26.3 Å². The number of allylic oxidation sites excluding steroid dienone is 2. The van der Waals surface area contributed by atoms with Crippen molar-refractivity contribution in [1.29, 1.82) is 0 Å². The highest BCUT2D eigenvalue weighted by atomic mass is 16.5. The Morgan fingerprint density at radius 3 is 2.77 bits per heavy atom. The second-order valence-corrected chi connectivity index (χ2v) is 4.41. The van der Waals surface area contributed by atoms with Crippen molar-refractivity contribution in [2.24, 2.45) is 17.8 Å². The van der Waals surface area contributed by atoms with Crippen LogP contribution in [0.3, 0.4) is 0 Å². The zero-order valence-corrected chi connectivity index (χ0v) is 8.25. The second kappa shape index (κ2) is 3.17. The number of hydrogen-bond acceptors (Lipinski definition) is 2. The minimum atomic E-state index is -0.0844. The summed E-state index contributed by atoms with van der Waals surface area (Å²) in [5.41, 5.74) is 0. The summed E-state index contributed by atoms with van der Waals surface area (Å²) in [6, 6.07) is 0. The molecule has 0 N–H and O–H groups in total. The largest absolute Gasteiger partial charge is 0.431 e. The van der Waals surface area contributed by atoms with Gasteiger partial charge in [0, 0.05) is 5.92 Å². The molecule has 2 unspecified atom stereocenters. The van der Waals surface area contributed by atoms with Crippen LogP contribution in [0.2, 0.25) is 0 Å². The molecule has 0 aromatic heterocycles. The summed E-state index contributed by atoms with van der Waals surface area (Å²) in [5, 5.41) is 0. The molecule has 2 aliphatic rings. The number of fused-ring (bicyclic) bond motifs is 2. The van der Waals surface area contributed by atoms with Gasteiger partial charge in [-0.3, -0.25) is 4.79 Å². The fraction of sp³-hybridized carbons (Fsp3) is 0.727. The lowest BCUT2D eigenvalue weighted by Crippen LogP contribution is -2.14. The molecule has 0 amide bonds. The van der Waals surface area contributed by atoms with Crippen LogP contribution in [0.25, 0.3) is 0 Å². The fourth-order valence-corrected chi connectivity index (χ4v) is 2.15. The van der Waals surface area contributed by atoms with Crippen molar-refractivity contribution in [3.05, 3.63) is 11.8 Å². The number of carbonyl (C=O) groups excluding carboxylic acids is 1. The third kappa shape index (κ3) is 1.62. The monoisotopic (exact) mass is 180 g/mol. The average molecular weight is 180 g/mol. The second-order valence-electron chi connectivity index (χ2n) is 4.41. The number of carbonyl (C=O) groups is 1. The van der Waals surface area contributed by atoms with E-state index in [1.807, 2.05) is 13.8 Å². The van der Waals surface area contributed by atoms with Crippen LogP contribution in [-0.4, -0.2) is 5.97 Å². The van der Waals surface area contributed by atoms with E-state index >= 15 is 0 Å². The van der Waals surface area contributed by atoms with Crippen molar-refractivity contribution >= 4 is 5.97 Å². The van der Waals surface area contributed by atoms with E-state index in [9.17, 15) is 4.79 Å². The van der Waals surface area contributed by atoms with Gasteiger partial charge in [0.1, 0.15) is 5.76 Å². The summed E-state index contributed by atoms with van der Waals surface area (Å²) in [5.74, 6) is 2.10. The van der Waals surface area contributed by atoms with E-state index < -0.39 is 0 Å². The van der Waals surface area contributed by atoms with Gasteiger partial charge in [-0.25, -0.2) is 0 Å². The molecule has 2 bridgehead atoms. The Balaban J connectivity index is 1.96. The van der Waals surface area contributed by atoms with Crippen LogP contribution < -0.4 is 0 Å². The van der Waals surface area contributed by atoms with Crippen molar-refractivity contribution in [1.82, 2.24) is 0 Å². The van der Waals surface area contributed by atoms with Gasteiger partial charge in [0.15, 0.2) is 0 Å². The van der Waals surface area contributed by atoms with Crippen LogP contribution in [-0.2, 0) is 9.53 Å². The molecule has 0 aromatic rings. The highest BCUT2D eigenvalue weighted by Gasteiger charge is 2.35. The fourth-order valence-electron chi connectivity index (χ4n) is 2.15. The lowest BCUT2D eigenvalue weighted by molar-refractivity contribution is -0.143. The quantitative estimate of drug-likeness (QED) is 0.610. The summed E-state index contributed by atoms with van der Waals surface area (Å²) in [4.78, 5) is 11.3. The molecule has 2 rings (SSSR count). The molecule has 1 saturated carbocycles. The predicted molar refractivity (Wildman–Crippen MR) is 49.8 cm³/mol. The average Bonchev–Trinajstić information content (AvgIpc) is 2.64. The zero-order valence-electron chi connectivity index (χ0n) is 8.25. The smallest absolute Gasteiger partial charge is 0.313 e. The highest BCUT2D eigenvalue weighted by Crippen LogP contribution is 2.44. The normalized spacial score (nSPS) is 30.8. The number of rotatable bonds is 2. The molecule has 1 fully saturated rings. The molecule has 2 nitrogen and oxygen atoms in total. The Labute approximate surface area is 79.0 Å². The van der Waals surface area contributed by atoms with Crippen molar-refractivity contribution in [3.8, 4) is 0 Å². The van der Waals surface area contributed by atoms with Crippen molar-refractivity contribution < 1.29 is 9.53 Å². The molecule has 2 heteroatoms. The van der Waals surface area contributed by atoms with E-state index in [4.69, 9.17) is 4.74 Å². The Hall–Kier alpha value is -0.790. The van der Waals surface area contributed by atoms with Gasteiger partial charge in [0.2, 0.25) is 0 Å². The molecule has 0 saturated heterocycles. The first-order valence-electron chi connectivity index (χ1n) is 5.10. The third-order valence-corrected chi connectivity index (χ3v) is 2.97.